The van der Waals surface area contributed by atoms with Crippen LogP contribution < -0.4 is 5.32 Å². The number of nitrogens with one attached hydrogen (secondary N) is 1. The zero-order chi connectivity index (χ0) is 23.9. The predicted molar refractivity (Wildman–Crippen MR) is 132 cm³/mol. The van der Waals surface area contributed by atoms with Gasteiger partial charge in [0.2, 0.25) is 0 Å². The first-order valence-corrected chi connectivity index (χ1v) is 11.2. The molecule has 5 aromatic rings. The second-order valence-electron chi connectivity index (χ2n) is 7.37. The molecule has 0 saturated heterocycles. The summed E-state index contributed by atoms with van der Waals surface area (Å²) in [7, 11) is 0. The Labute approximate surface area is 206 Å². The lowest BCUT2D eigenvalue weighted by atomic mass is 10.2. The average molecular weight is 494 g/mol. The van der Waals surface area contributed by atoms with E-state index in [1.54, 1.807) is 21.4 Å². The Morgan fingerprint density at radius 2 is 1.56 bits per heavy atom. The third kappa shape index (κ3) is 5.59. The highest BCUT2D eigenvalue weighted by Gasteiger charge is 2.17. The van der Waals surface area contributed by atoms with Crippen molar-refractivity contribution in [1.82, 2.24) is 35.1 Å². The lowest BCUT2D eigenvalue weighted by Gasteiger charge is -2.11. The Balaban J connectivity index is 0.000000398. The first-order chi connectivity index (χ1) is 16.5. The predicted octanol–water partition coefficient (Wildman–Crippen LogP) is 4.74. The van der Waals surface area contributed by atoms with Crippen LogP contribution in [0.5, 0.6) is 0 Å². The van der Waals surface area contributed by atoms with Gasteiger partial charge in [0, 0.05) is 6.54 Å². The van der Waals surface area contributed by atoms with E-state index in [1.165, 1.54) is 12.7 Å². The minimum atomic E-state index is -0.356. The summed E-state index contributed by atoms with van der Waals surface area (Å²) < 4.78 is 3.39. The van der Waals surface area contributed by atoms with Crippen molar-refractivity contribution in [1.29, 1.82) is 0 Å². The van der Waals surface area contributed by atoms with Crippen molar-refractivity contribution in [2.24, 2.45) is 0 Å². The number of aryl methyl sites for hydroxylation is 1. The maximum Gasteiger partial charge on any atom is 0.254 e. The molecule has 10 heteroatoms. The molecular formula is C24H21Cl2N7O. The number of fused-ring (bicyclic) bond motifs is 1. The van der Waals surface area contributed by atoms with Crippen LogP contribution in [0.1, 0.15) is 15.9 Å². The van der Waals surface area contributed by atoms with E-state index in [1.807, 2.05) is 61.5 Å². The van der Waals surface area contributed by atoms with Crippen molar-refractivity contribution in [3.63, 3.8) is 0 Å². The first kappa shape index (κ1) is 23.4. The molecule has 5 rings (SSSR count). The van der Waals surface area contributed by atoms with Gasteiger partial charge in [0.1, 0.15) is 18.2 Å². The molecule has 0 saturated carbocycles. The largest absolute Gasteiger partial charge is 0.350 e. The molecule has 0 fully saturated rings. The second-order valence-corrected chi connectivity index (χ2v) is 8.18. The van der Waals surface area contributed by atoms with E-state index in [2.05, 4.69) is 25.8 Å². The molecule has 1 amide bonds. The maximum absolute atomic E-state index is 12.6. The summed E-state index contributed by atoms with van der Waals surface area (Å²) in [6, 6.07) is 21.2. The lowest BCUT2D eigenvalue weighted by Crippen LogP contribution is -2.28. The van der Waals surface area contributed by atoms with E-state index >= 15 is 0 Å². The van der Waals surface area contributed by atoms with Crippen molar-refractivity contribution in [3.05, 3.63) is 101 Å². The van der Waals surface area contributed by atoms with Gasteiger partial charge in [-0.3, -0.25) is 9.36 Å². The van der Waals surface area contributed by atoms with Crippen LogP contribution in [0.4, 0.5) is 0 Å². The number of aromatic nitrogens is 6. The highest BCUT2D eigenvalue weighted by molar-refractivity contribution is 6.40. The Bertz CT molecular complexity index is 1340. The van der Waals surface area contributed by atoms with Crippen LogP contribution in [0, 0.1) is 6.92 Å². The fourth-order valence-corrected chi connectivity index (χ4v) is 3.90. The topological polar surface area (TPSA) is 90.5 Å². The van der Waals surface area contributed by atoms with Gasteiger partial charge < -0.3 is 5.32 Å². The van der Waals surface area contributed by atoms with Crippen LogP contribution in [-0.4, -0.2) is 42.2 Å². The molecule has 0 aliphatic rings. The normalized spacial score (nSPS) is 10.6. The average Bonchev–Trinajstić information content (AvgIpc) is 3.51. The van der Waals surface area contributed by atoms with E-state index < -0.39 is 0 Å². The van der Waals surface area contributed by atoms with Gasteiger partial charge in [0.15, 0.2) is 0 Å². The van der Waals surface area contributed by atoms with E-state index in [0.717, 1.165) is 16.6 Å². The smallest absolute Gasteiger partial charge is 0.254 e. The fraction of sp³-hybridized carbons (Fsp3) is 0.125. The number of rotatable bonds is 5. The molecule has 2 aromatic heterocycles. The molecule has 172 valence electrons. The Morgan fingerprint density at radius 3 is 2.18 bits per heavy atom. The summed E-state index contributed by atoms with van der Waals surface area (Å²) in [5, 5.41) is 19.1. The van der Waals surface area contributed by atoms with Crippen molar-refractivity contribution in [3.8, 4) is 5.69 Å². The molecule has 0 atom stereocenters. The van der Waals surface area contributed by atoms with Crippen LogP contribution in [0.3, 0.4) is 0 Å². The summed E-state index contributed by atoms with van der Waals surface area (Å²) in [5.41, 5.74) is 3.74. The maximum atomic E-state index is 12.6. The second kappa shape index (κ2) is 10.9. The van der Waals surface area contributed by atoms with E-state index in [-0.39, 0.29) is 21.5 Å². The van der Waals surface area contributed by atoms with Crippen molar-refractivity contribution in [2.75, 3.05) is 6.54 Å². The third-order valence-electron chi connectivity index (χ3n) is 4.92. The first-order valence-electron chi connectivity index (χ1n) is 10.4. The summed E-state index contributed by atoms with van der Waals surface area (Å²) in [4.78, 5) is 12.6. The van der Waals surface area contributed by atoms with Crippen LogP contribution >= 0.6 is 23.2 Å². The van der Waals surface area contributed by atoms with E-state index in [9.17, 15) is 4.79 Å². The number of hydrogen-bond donors (Lipinski definition) is 1. The standard InChI is InChI=1S/C18H15Cl2N7O.C6H6/c1-11-2-3-16-15(6-11)24-25-27(16)5-4-21-18(28)17-13(19)7-12(8-14(17)20)26-9-22-23-10-26;1-2-4-6-5-3-1/h2-3,6-10H,4-5H2,1H3,(H,21,28);1-6H. The molecule has 1 N–H and O–H groups in total. The zero-order valence-electron chi connectivity index (χ0n) is 18.3. The van der Waals surface area contributed by atoms with Crippen molar-refractivity contribution in [2.45, 2.75) is 13.5 Å². The van der Waals surface area contributed by atoms with Crippen LogP contribution in [0.2, 0.25) is 10.0 Å². The molecule has 3 aromatic carbocycles. The van der Waals surface area contributed by atoms with Gasteiger partial charge in [0.05, 0.1) is 33.4 Å². The lowest BCUT2D eigenvalue weighted by molar-refractivity contribution is 0.0952. The molecule has 0 aliphatic carbocycles. The minimum Gasteiger partial charge on any atom is -0.350 e. The van der Waals surface area contributed by atoms with Crippen molar-refractivity contribution >= 4 is 40.1 Å². The summed E-state index contributed by atoms with van der Waals surface area (Å²) in [6.45, 7) is 2.82. The SMILES string of the molecule is Cc1ccc2c(c1)nnn2CCNC(=O)c1c(Cl)cc(-n2cnnc2)cc1Cl.c1ccccc1. The monoisotopic (exact) mass is 493 g/mol. The highest BCUT2D eigenvalue weighted by atomic mass is 35.5. The fourth-order valence-electron chi connectivity index (χ4n) is 3.26. The van der Waals surface area contributed by atoms with Gasteiger partial charge in [-0.1, -0.05) is 70.9 Å². The molecule has 0 radical (unpaired) electrons. The van der Waals surface area contributed by atoms with Crippen LogP contribution in [0.25, 0.3) is 16.7 Å². The van der Waals surface area contributed by atoms with Gasteiger partial charge in [-0.25, -0.2) is 4.68 Å². The number of benzene rings is 3. The molecular weight excluding hydrogens is 473 g/mol. The molecule has 0 unspecified atom stereocenters. The number of nitrogens with zero attached hydrogens (tertiary/aromatic N) is 6. The Hall–Kier alpha value is -3.75. The van der Waals surface area contributed by atoms with Crippen molar-refractivity contribution < 1.29 is 4.79 Å². The third-order valence-corrected chi connectivity index (χ3v) is 5.51. The highest BCUT2D eigenvalue weighted by Crippen LogP contribution is 2.28. The summed E-state index contributed by atoms with van der Waals surface area (Å²) >= 11 is 12.6. The van der Waals surface area contributed by atoms with Crippen LogP contribution in [0.15, 0.2) is 79.4 Å². The quantitative estimate of drug-likeness (QED) is 0.381. The van der Waals surface area contributed by atoms with Gasteiger partial charge >= 0.3 is 0 Å². The summed E-state index contributed by atoms with van der Waals surface area (Å²) in [6.07, 6.45) is 3.04. The molecule has 0 aliphatic heterocycles. The number of carbonyl (C=O) groups is 1. The van der Waals surface area contributed by atoms with Gasteiger partial charge in [0.25, 0.3) is 5.91 Å². The number of carbonyl (C=O) groups excluding carboxylic acids is 1. The zero-order valence-corrected chi connectivity index (χ0v) is 19.8. The summed E-state index contributed by atoms with van der Waals surface area (Å²) in [5.74, 6) is -0.356. The molecule has 0 bridgehead atoms. The van der Waals surface area contributed by atoms with E-state index in [0.29, 0.717) is 18.8 Å². The minimum absolute atomic E-state index is 0.222. The molecule has 34 heavy (non-hydrogen) atoms. The van der Waals surface area contributed by atoms with Gasteiger partial charge in [-0.05, 0) is 36.8 Å². The Morgan fingerprint density at radius 1 is 0.941 bits per heavy atom. The van der Waals surface area contributed by atoms with Gasteiger partial charge in [-0.2, -0.15) is 0 Å². The molecule has 2 heterocycles. The molecule has 8 nitrogen and oxygen atoms in total. The number of halogens is 2. The number of hydrogen-bond acceptors (Lipinski definition) is 5. The number of amides is 1. The molecule has 0 spiro atoms. The van der Waals surface area contributed by atoms with Crippen LogP contribution in [-0.2, 0) is 6.54 Å². The van der Waals surface area contributed by atoms with Gasteiger partial charge in [-0.15, -0.1) is 15.3 Å². The van der Waals surface area contributed by atoms with E-state index in [4.69, 9.17) is 23.2 Å². The Kier molecular flexibility index (Phi) is 7.51.